The van der Waals surface area contributed by atoms with E-state index in [-0.39, 0.29) is 18.2 Å². The number of ether oxygens (including phenoxy) is 1. The van der Waals surface area contributed by atoms with Gasteiger partial charge in [-0.3, -0.25) is 4.90 Å². The minimum Gasteiger partial charge on any atom is -0.443 e. The van der Waals surface area contributed by atoms with Crippen LogP contribution in [0.5, 0.6) is 0 Å². The van der Waals surface area contributed by atoms with E-state index in [0.717, 1.165) is 56.5 Å². The van der Waals surface area contributed by atoms with E-state index in [1.54, 1.807) is 6.20 Å². The van der Waals surface area contributed by atoms with Crippen LogP contribution in [-0.2, 0) is 4.74 Å². The predicted molar refractivity (Wildman–Crippen MR) is 95.2 cm³/mol. The number of rotatable bonds is 3. The summed E-state index contributed by atoms with van der Waals surface area (Å²) in [4.78, 5) is 19.4. The first-order valence-electron chi connectivity index (χ1n) is 9.16. The van der Waals surface area contributed by atoms with E-state index >= 15 is 0 Å². The van der Waals surface area contributed by atoms with Crippen molar-refractivity contribution in [1.82, 2.24) is 10.3 Å². The smallest absolute Gasteiger partial charge is 0.416 e. The molecule has 2 aliphatic rings. The number of hydrogen-bond donors (Lipinski definition) is 1. The molecule has 0 spiro atoms. The van der Waals surface area contributed by atoms with Crippen LogP contribution in [0.2, 0.25) is 0 Å². The molecule has 1 aliphatic heterocycles. The molecule has 0 aromatic carbocycles. The van der Waals surface area contributed by atoms with Crippen molar-refractivity contribution in [2.24, 2.45) is 0 Å². The Kier molecular flexibility index (Phi) is 5.09. The number of amides is 1. The maximum absolute atomic E-state index is 13.0. The van der Waals surface area contributed by atoms with Gasteiger partial charge in [-0.1, -0.05) is 18.9 Å². The molecule has 2 heterocycles. The van der Waals surface area contributed by atoms with Gasteiger partial charge in [0.05, 0.1) is 0 Å². The quantitative estimate of drug-likeness (QED) is 0.902. The topological polar surface area (TPSA) is 54.5 Å². The van der Waals surface area contributed by atoms with Crippen molar-refractivity contribution < 1.29 is 9.53 Å². The first-order chi connectivity index (χ1) is 11.5. The molecule has 1 atom stereocenters. The van der Waals surface area contributed by atoms with E-state index in [2.05, 4.69) is 16.4 Å². The normalized spacial score (nSPS) is 21.9. The summed E-state index contributed by atoms with van der Waals surface area (Å²) < 4.78 is 5.71. The molecule has 0 radical (unpaired) electrons. The molecule has 2 fully saturated rings. The molecular formula is C19H29N3O2. The van der Waals surface area contributed by atoms with Gasteiger partial charge in [0.15, 0.2) is 0 Å². The number of anilines is 1. The molecule has 3 rings (SSSR count). The fourth-order valence-electron chi connectivity index (χ4n) is 3.71. The number of aromatic nitrogens is 1. The van der Waals surface area contributed by atoms with Gasteiger partial charge in [0.2, 0.25) is 0 Å². The van der Waals surface area contributed by atoms with Crippen molar-refractivity contribution >= 4 is 11.9 Å². The fraction of sp³-hybridized carbons (Fsp3) is 0.684. The van der Waals surface area contributed by atoms with E-state index in [0.29, 0.717) is 0 Å². The lowest BCUT2D eigenvalue weighted by Crippen LogP contribution is -2.43. The highest BCUT2D eigenvalue weighted by atomic mass is 16.6. The van der Waals surface area contributed by atoms with Gasteiger partial charge in [-0.15, -0.1) is 0 Å². The second kappa shape index (κ2) is 7.09. The number of carbonyl (C=O) groups excluding carboxylic acids is 1. The lowest BCUT2D eigenvalue weighted by Gasteiger charge is -2.32. The third-order valence-corrected chi connectivity index (χ3v) is 4.76. The monoisotopic (exact) mass is 331 g/mol. The molecule has 1 N–H and O–H groups in total. The highest BCUT2D eigenvalue weighted by molar-refractivity contribution is 5.88. The van der Waals surface area contributed by atoms with Crippen LogP contribution in [0.3, 0.4) is 0 Å². The summed E-state index contributed by atoms with van der Waals surface area (Å²) in [6.45, 7) is 6.76. The van der Waals surface area contributed by atoms with Crippen molar-refractivity contribution in [2.75, 3.05) is 11.4 Å². The Morgan fingerprint density at radius 2 is 2.00 bits per heavy atom. The Hall–Kier alpha value is -1.62. The molecule has 1 aromatic heterocycles. The summed E-state index contributed by atoms with van der Waals surface area (Å²) in [5.41, 5.74) is 0.613. The average molecular weight is 331 g/mol. The summed E-state index contributed by atoms with van der Waals surface area (Å²) in [7, 11) is 0. The molecule has 0 bridgehead atoms. The number of pyridine rings is 1. The number of hydrogen-bond acceptors (Lipinski definition) is 4. The minimum atomic E-state index is -0.505. The first-order valence-corrected chi connectivity index (χ1v) is 9.16. The second-order valence-corrected chi connectivity index (χ2v) is 7.85. The van der Waals surface area contributed by atoms with Crippen molar-refractivity contribution in [3.8, 4) is 0 Å². The lowest BCUT2D eigenvalue weighted by atomic mass is 10.0. The number of nitrogens with zero attached hydrogens (tertiary/aromatic N) is 2. The highest BCUT2D eigenvalue weighted by Gasteiger charge is 2.35. The maximum atomic E-state index is 13.0. The van der Waals surface area contributed by atoms with Crippen LogP contribution < -0.4 is 10.2 Å². The molecule has 1 amide bonds. The maximum Gasteiger partial charge on any atom is 0.416 e. The van der Waals surface area contributed by atoms with Crippen molar-refractivity contribution in [3.63, 3.8) is 0 Å². The van der Waals surface area contributed by atoms with Crippen LogP contribution in [0.25, 0.3) is 0 Å². The number of nitrogens with one attached hydrogen (secondary N) is 1. The van der Waals surface area contributed by atoms with E-state index in [4.69, 9.17) is 4.74 Å². The zero-order valence-corrected chi connectivity index (χ0v) is 15.0. The zero-order chi connectivity index (χ0) is 17.2. The Labute approximate surface area is 144 Å². The Morgan fingerprint density at radius 3 is 2.62 bits per heavy atom. The molecular weight excluding hydrogens is 302 g/mol. The van der Waals surface area contributed by atoms with Gasteiger partial charge in [0.1, 0.15) is 11.4 Å². The van der Waals surface area contributed by atoms with Crippen LogP contribution in [0.4, 0.5) is 10.6 Å². The van der Waals surface area contributed by atoms with E-state index in [1.165, 1.54) is 0 Å². The predicted octanol–water partition coefficient (Wildman–Crippen LogP) is 4.19. The summed E-state index contributed by atoms with van der Waals surface area (Å²) in [5, 5.41) is 3.53. The largest absolute Gasteiger partial charge is 0.443 e. The molecule has 1 saturated carbocycles. The van der Waals surface area contributed by atoms with Crippen LogP contribution >= 0.6 is 0 Å². The van der Waals surface area contributed by atoms with Gasteiger partial charge < -0.3 is 10.1 Å². The van der Waals surface area contributed by atoms with Crippen molar-refractivity contribution in [3.05, 3.63) is 23.9 Å². The summed E-state index contributed by atoms with van der Waals surface area (Å²) in [6.07, 6.45) is 8.12. The van der Waals surface area contributed by atoms with Gasteiger partial charge in [-0.05, 0) is 59.1 Å². The molecule has 5 nitrogen and oxygen atoms in total. The first kappa shape index (κ1) is 17.2. The Bertz CT molecular complexity index is 570. The molecule has 1 unspecified atom stereocenters. The Balaban J connectivity index is 1.94. The lowest BCUT2D eigenvalue weighted by molar-refractivity contribution is 0.0564. The second-order valence-electron chi connectivity index (χ2n) is 7.85. The highest BCUT2D eigenvalue weighted by Crippen LogP contribution is 2.35. The Morgan fingerprint density at radius 1 is 1.25 bits per heavy atom. The van der Waals surface area contributed by atoms with Gasteiger partial charge in [-0.2, -0.15) is 0 Å². The molecule has 1 aromatic rings. The van der Waals surface area contributed by atoms with Gasteiger partial charge in [0.25, 0.3) is 0 Å². The van der Waals surface area contributed by atoms with E-state index in [9.17, 15) is 4.79 Å². The summed E-state index contributed by atoms with van der Waals surface area (Å²) in [6, 6.07) is 4.52. The van der Waals surface area contributed by atoms with Gasteiger partial charge in [-0.25, -0.2) is 9.78 Å². The summed E-state index contributed by atoms with van der Waals surface area (Å²) >= 11 is 0. The molecule has 1 aliphatic carbocycles. The minimum absolute atomic E-state index is 0.190. The number of carbonyl (C=O) groups is 1. The third kappa shape index (κ3) is 3.89. The fourth-order valence-corrected chi connectivity index (χ4v) is 3.71. The van der Waals surface area contributed by atoms with Gasteiger partial charge in [0, 0.05) is 23.8 Å². The molecule has 132 valence electrons. The van der Waals surface area contributed by atoms with Crippen LogP contribution in [0.15, 0.2) is 18.3 Å². The zero-order valence-electron chi connectivity index (χ0n) is 15.0. The van der Waals surface area contributed by atoms with E-state index < -0.39 is 5.60 Å². The van der Waals surface area contributed by atoms with Crippen LogP contribution in [0, 0.1) is 0 Å². The molecule has 1 saturated heterocycles. The SMILES string of the molecule is CC(C)(C)OC(=O)N(c1ncccc1C1CCCN1)C1CCCC1. The van der Waals surface area contributed by atoms with Crippen LogP contribution in [-0.4, -0.2) is 29.3 Å². The standard InChI is InChI=1S/C19H29N3O2/c1-19(2,3)24-18(23)22(14-8-4-5-9-14)17-15(10-6-13-21-17)16-11-7-12-20-16/h6,10,13-14,16,20H,4-5,7-9,11-12H2,1-3H3. The molecule has 5 heteroatoms. The molecule has 24 heavy (non-hydrogen) atoms. The third-order valence-electron chi connectivity index (χ3n) is 4.76. The average Bonchev–Trinajstić information content (AvgIpc) is 3.19. The summed E-state index contributed by atoms with van der Waals surface area (Å²) in [5.74, 6) is 0.776. The van der Waals surface area contributed by atoms with Crippen LogP contribution in [0.1, 0.15) is 70.9 Å². The van der Waals surface area contributed by atoms with E-state index in [1.807, 2.05) is 31.7 Å². The van der Waals surface area contributed by atoms with Crippen molar-refractivity contribution in [2.45, 2.75) is 77.0 Å². The van der Waals surface area contributed by atoms with Crippen molar-refractivity contribution in [1.29, 1.82) is 0 Å². The van der Waals surface area contributed by atoms with Gasteiger partial charge >= 0.3 is 6.09 Å².